The highest BCUT2D eigenvalue weighted by Crippen LogP contribution is 2.11. The van der Waals surface area contributed by atoms with Crippen LogP contribution in [0, 0.1) is 11.7 Å². The number of hydrogen-bond acceptors (Lipinski definition) is 2. The van der Waals surface area contributed by atoms with Crippen LogP contribution in [0.4, 0.5) is 4.39 Å². The van der Waals surface area contributed by atoms with Crippen LogP contribution in [0.15, 0.2) is 24.3 Å². The molecule has 0 bridgehead atoms. The van der Waals surface area contributed by atoms with Crippen LogP contribution < -0.4 is 5.73 Å². The smallest absolute Gasteiger partial charge is 0.127 e. The van der Waals surface area contributed by atoms with E-state index in [1.807, 2.05) is 26.0 Å². The Bertz CT molecular complexity index is 381. The maximum Gasteiger partial charge on any atom is 0.127 e. The van der Waals surface area contributed by atoms with Gasteiger partial charge in [-0.1, -0.05) is 44.3 Å². The van der Waals surface area contributed by atoms with Gasteiger partial charge >= 0.3 is 0 Å². The molecule has 2 nitrogen and oxygen atoms in total. The van der Waals surface area contributed by atoms with Gasteiger partial charge in [-0.2, -0.15) is 0 Å². The Morgan fingerprint density at radius 3 is 2.65 bits per heavy atom. The van der Waals surface area contributed by atoms with Crippen LogP contribution in [0.3, 0.4) is 0 Å². The van der Waals surface area contributed by atoms with Gasteiger partial charge in [-0.15, -0.1) is 0 Å². The lowest BCUT2D eigenvalue weighted by molar-refractivity contribution is 0.260. The maximum atomic E-state index is 13.5. The Labute approximate surface area is 108 Å². The molecule has 0 fully saturated rings. The molecule has 0 saturated carbocycles. The van der Waals surface area contributed by atoms with Crippen LogP contribution in [0.5, 0.6) is 0 Å². The second-order valence-electron chi connectivity index (χ2n) is 4.22. The number of halogens is 1. The summed E-state index contributed by atoms with van der Waals surface area (Å²) in [4.78, 5) is 2.65. The van der Waals surface area contributed by atoms with Gasteiger partial charge < -0.3 is 5.73 Å². The van der Waals surface area contributed by atoms with Gasteiger partial charge in [-0.25, -0.2) is 4.39 Å². The van der Waals surface area contributed by atoms with Crippen molar-refractivity contribution in [3.05, 3.63) is 35.6 Å². The van der Waals surface area contributed by atoms with Crippen molar-refractivity contribution in [2.75, 3.05) is 13.1 Å². The lowest BCUT2D eigenvalue weighted by Gasteiger charge is -2.24. The first-order valence-electron chi connectivity index (χ1n) is 5.79. The van der Waals surface area contributed by atoms with Crippen LogP contribution in [-0.2, 0) is 6.54 Å². The third kappa shape index (κ3) is 4.40. The summed E-state index contributed by atoms with van der Waals surface area (Å²) in [6.45, 7) is 6.25. The molecular formula is C13H19FN2S. The fraction of sp³-hybridized carbons (Fsp3) is 0.462. The standard InChI is InChI=1S/C13H19FN2S/c1-3-16(8-10(2)13(15)17)9-11-6-4-5-7-12(11)14/h4-7,10H,3,8-9H2,1-2H3,(H2,15,17). The zero-order chi connectivity index (χ0) is 12.8. The first-order chi connectivity index (χ1) is 8.04. The predicted octanol–water partition coefficient (Wildman–Crippen LogP) is 2.57. The fourth-order valence-corrected chi connectivity index (χ4v) is 1.72. The van der Waals surface area contributed by atoms with Gasteiger partial charge in [0.15, 0.2) is 0 Å². The molecule has 0 aliphatic carbocycles. The quantitative estimate of drug-likeness (QED) is 0.791. The van der Waals surface area contributed by atoms with Gasteiger partial charge in [0, 0.05) is 24.6 Å². The largest absolute Gasteiger partial charge is 0.393 e. The molecule has 0 aromatic heterocycles. The highest BCUT2D eigenvalue weighted by molar-refractivity contribution is 7.80. The van der Waals surface area contributed by atoms with Crippen LogP contribution in [0.2, 0.25) is 0 Å². The predicted molar refractivity (Wildman–Crippen MR) is 73.3 cm³/mol. The number of hydrogen-bond donors (Lipinski definition) is 1. The molecule has 0 aliphatic heterocycles. The average Bonchev–Trinajstić information content (AvgIpc) is 2.30. The molecule has 4 heteroatoms. The summed E-state index contributed by atoms with van der Waals surface area (Å²) in [5, 5.41) is 0. The molecule has 17 heavy (non-hydrogen) atoms. The van der Waals surface area contributed by atoms with E-state index < -0.39 is 0 Å². The van der Waals surface area contributed by atoms with E-state index in [4.69, 9.17) is 18.0 Å². The Kier molecular flexibility index (Phi) is 5.51. The lowest BCUT2D eigenvalue weighted by Crippen LogP contribution is -2.33. The summed E-state index contributed by atoms with van der Waals surface area (Å²) in [5.74, 6) is -0.00866. The van der Waals surface area contributed by atoms with Crippen molar-refractivity contribution in [2.45, 2.75) is 20.4 Å². The summed E-state index contributed by atoms with van der Waals surface area (Å²) in [6.07, 6.45) is 0. The van der Waals surface area contributed by atoms with Gasteiger partial charge in [0.1, 0.15) is 5.82 Å². The number of nitrogens with two attached hydrogens (primary N) is 1. The topological polar surface area (TPSA) is 29.3 Å². The Balaban J connectivity index is 2.64. The summed E-state index contributed by atoms with van der Waals surface area (Å²) in [5.41, 5.74) is 6.31. The second kappa shape index (κ2) is 6.67. The first kappa shape index (κ1) is 14.1. The Morgan fingerprint density at radius 2 is 2.12 bits per heavy atom. The summed E-state index contributed by atoms with van der Waals surface area (Å²) < 4.78 is 13.5. The van der Waals surface area contributed by atoms with Gasteiger partial charge in [-0.3, -0.25) is 4.90 Å². The van der Waals surface area contributed by atoms with E-state index in [0.717, 1.165) is 13.1 Å². The van der Waals surface area contributed by atoms with E-state index in [1.54, 1.807) is 6.07 Å². The molecule has 1 unspecified atom stereocenters. The van der Waals surface area contributed by atoms with Crippen molar-refractivity contribution in [1.82, 2.24) is 4.90 Å². The molecule has 0 aliphatic rings. The average molecular weight is 254 g/mol. The third-order valence-corrected chi connectivity index (χ3v) is 3.22. The van der Waals surface area contributed by atoms with Crippen molar-refractivity contribution in [3.63, 3.8) is 0 Å². The molecule has 0 amide bonds. The van der Waals surface area contributed by atoms with Gasteiger partial charge in [0.25, 0.3) is 0 Å². The normalized spacial score (nSPS) is 12.7. The molecule has 0 saturated heterocycles. The molecule has 1 rings (SSSR count). The molecular weight excluding hydrogens is 235 g/mol. The highest BCUT2D eigenvalue weighted by atomic mass is 32.1. The summed E-state index contributed by atoms with van der Waals surface area (Å²) in [6, 6.07) is 6.85. The molecule has 1 aromatic rings. The van der Waals surface area contributed by atoms with Crippen LogP contribution in [0.25, 0.3) is 0 Å². The maximum absolute atomic E-state index is 13.5. The number of benzene rings is 1. The van der Waals surface area contributed by atoms with E-state index >= 15 is 0 Å². The van der Waals surface area contributed by atoms with Gasteiger partial charge in [-0.05, 0) is 12.6 Å². The molecule has 0 heterocycles. The summed E-state index contributed by atoms with van der Waals surface area (Å²) >= 11 is 4.95. The van der Waals surface area contributed by atoms with E-state index in [2.05, 4.69) is 4.90 Å². The van der Waals surface area contributed by atoms with Crippen molar-refractivity contribution < 1.29 is 4.39 Å². The number of nitrogens with zero attached hydrogens (tertiary/aromatic N) is 1. The van der Waals surface area contributed by atoms with E-state index in [-0.39, 0.29) is 11.7 Å². The van der Waals surface area contributed by atoms with Crippen molar-refractivity contribution >= 4 is 17.2 Å². The highest BCUT2D eigenvalue weighted by Gasteiger charge is 2.12. The molecule has 1 atom stereocenters. The van der Waals surface area contributed by atoms with E-state index in [1.165, 1.54) is 6.07 Å². The zero-order valence-electron chi connectivity index (χ0n) is 10.3. The molecule has 2 N–H and O–H groups in total. The minimum Gasteiger partial charge on any atom is -0.393 e. The fourth-order valence-electron chi connectivity index (χ4n) is 1.65. The van der Waals surface area contributed by atoms with E-state index in [0.29, 0.717) is 17.1 Å². The number of thiocarbonyl (C=S) groups is 1. The van der Waals surface area contributed by atoms with Gasteiger partial charge in [0.2, 0.25) is 0 Å². The summed E-state index contributed by atoms with van der Waals surface area (Å²) in [7, 11) is 0. The third-order valence-electron chi connectivity index (χ3n) is 2.82. The first-order valence-corrected chi connectivity index (χ1v) is 6.20. The Hall–Kier alpha value is -1.00. The minimum atomic E-state index is -0.158. The molecule has 0 radical (unpaired) electrons. The van der Waals surface area contributed by atoms with Crippen LogP contribution in [-0.4, -0.2) is 23.0 Å². The monoisotopic (exact) mass is 254 g/mol. The van der Waals surface area contributed by atoms with E-state index in [9.17, 15) is 4.39 Å². The minimum absolute atomic E-state index is 0.150. The van der Waals surface area contributed by atoms with Crippen molar-refractivity contribution in [3.8, 4) is 0 Å². The zero-order valence-corrected chi connectivity index (χ0v) is 11.1. The van der Waals surface area contributed by atoms with Crippen molar-refractivity contribution in [2.24, 2.45) is 11.7 Å². The molecule has 0 spiro atoms. The lowest BCUT2D eigenvalue weighted by atomic mass is 10.1. The molecule has 1 aromatic carbocycles. The molecule has 94 valence electrons. The van der Waals surface area contributed by atoms with Crippen molar-refractivity contribution in [1.29, 1.82) is 0 Å². The SMILES string of the molecule is CCN(Cc1ccccc1F)CC(C)C(N)=S. The van der Waals surface area contributed by atoms with Crippen LogP contribution >= 0.6 is 12.2 Å². The number of rotatable bonds is 6. The Morgan fingerprint density at radius 1 is 1.47 bits per heavy atom. The van der Waals surface area contributed by atoms with Gasteiger partial charge in [0.05, 0.1) is 4.99 Å². The van der Waals surface area contributed by atoms with Crippen LogP contribution in [0.1, 0.15) is 19.4 Å². The second-order valence-corrected chi connectivity index (χ2v) is 4.69.